The highest BCUT2D eigenvalue weighted by Crippen LogP contribution is 2.34. The van der Waals surface area contributed by atoms with Gasteiger partial charge in [0.2, 0.25) is 10.0 Å². The molecule has 1 saturated carbocycles. The molecule has 0 saturated heterocycles. The van der Waals surface area contributed by atoms with Crippen LogP contribution in [0.15, 0.2) is 29.2 Å². The summed E-state index contributed by atoms with van der Waals surface area (Å²) in [6.45, 7) is 0.836. The van der Waals surface area contributed by atoms with E-state index < -0.39 is 10.0 Å². The van der Waals surface area contributed by atoms with Crippen molar-refractivity contribution in [3.05, 3.63) is 24.3 Å². The molecule has 0 atom stereocenters. The van der Waals surface area contributed by atoms with E-state index in [4.69, 9.17) is 11.6 Å². The van der Waals surface area contributed by atoms with Gasteiger partial charge in [-0.25, -0.2) is 12.7 Å². The van der Waals surface area contributed by atoms with Crippen molar-refractivity contribution in [2.45, 2.75) is 23.1 Å². The van der Waals surface area contributed by atoms with Crippen LogP contribution in [-0.4, -0.2) is 45.8 Å². The maximum Gasteiger partial charge on any atom is 0.244 e. The van der Waals surface area contributed by atoms with Crippen molar-refractivity contribution in [1.82, 2.24) is 4.31 Å². The fourth-order valence-electron chi connectivity index (χ4n) is 2.48. The van der Waals surface area contributed by atoms with E-state index in [0.717, 1.165) is 25.1 Å². The normalized spacial score (nSPS) is 22.6. The molecule has 20 heavy (non-hydrogen) atoms. The van der Waals surface area contributed by atoms with Crippen molar-refractivity contribution in [2.75, 3.05) is 32.6 Å². The molecule has 0 amide bonds. The molecule has 0 bridgehead atoms. The summed E-state index contributed by atoms with van der Waals surface area (Å²) >= 11 is 6.00. The van der Waals surface area contributed by atoms with E-state index in [9.17, 15) is 8.42 Å². The molecule has 1 aliphatic rings. The summed E-state index contributed by atoms with van der Waals surface area (Å²) in [6, 6.07) is 7.14. The molecule has 1 aliphatic carbocycles. The third-order valence-corrected chi connectivity index (χ3v) is 5.96. The van der Waals surface area contributed by atoms with Crippen LogP contribution in [0.2, 0.25) is 0 Å². The zero-order chi connectivity index (χ0) is 14.9. The first-order valence-corrected chi connectivity index (χ1v) is 8.56. The second kappa shape index (κ2) is 5.92. The number of hydrogen-bond donors (Lipinski definition) is 0. The smallest absolute Gasteiger partial charge is 0.244 e. The fraction of sp³-hybridized carbons (Fsp3) is 0.571. The maximum absolute atomic E-state index is 12.4. The predicted molar refractivity (Wildman–Crippen MR) is 82.9 cm³/mol. The van der Waals surface area contributed by atoms with Gasteiger partial charge in [-0.2, -0.15) is 0 Å². The van der Waals surface area contributed by atoms with Crippen LogP contribution >= 0.6 is 11.6 Å². The van der Waals surface area contributed by atoms with E-state index >= 15 is 0 Å². The lowest BCUT2D eigenvalue weighted by Gasteiger charge is -2.35. The maximum atomic E-state index is 12.4. The molecule has 112 valence electrons. The van der Waals surface area contributed by atoms with Crippen LogP contribution in [0, 0.1) is 5.92 Å². The van der Waals surface area contributed by atoms with Gasteiger partial charge in [0.05, 0.1) is 5.69 Å². The van der Waals surface area contributed by atoms with Gasteiger partial charge < -0.3 is 4.90 Å². The Morgan fingerprint density at radius 2 is 1.80 bits per heavy atom. The number of halogens is 1. The highest BCUT2D eigenvalue weighted by molar-refractivity contribution is 7.89. The topological polar surface area (TPSA) is 40.6 Å². The van der Waals surface area contributed by atoms with Crippen LogP contribution < -0.4 is 4.90 Å². The van der Waals surface area contributed by atoms with Crippen LogP contribution in [-0.2, 0) is 10.0 Å². The highest BCUT2D eigenvalue weighted by Gasteiger charge is 2.29. The van der Waals surface area contributed by atoms with Gasteiger partial charge in [-0.15, -0.1) is 11.6 Å². The minimum absolute atomic E-state index is 0.286. The molecule has 2 rings (SSSR count). The van der Waals surface area contributed by atoms with Gasteiger partial charge in [0.15, 0.2) is 0 Å². The lowest BCUT2D eigenvalue weighted by Crippen LogP contribution is -2.35. The SMILES string of the molecule is CN(CC1CC(Cl)C1)c1ccccc1S(=O)(=O)N(C)C. The molecule has 4 nitrogen and oxygen atoms in total. The molecule has 6 heteroatoms. The van der Waals surface area contributed by atoms with Gasteiger partial charge in [0.25, 0.3) is 0 Å². The average Bonchev–Trinajstić information content (AvgIpc) is 2.36. The molecule has 0 heterocycles. The minimum Gasteiger partial charge on any atom is -0.373 e. The van der Waals surface area contributed by atoms with E-state index in [1.165, 1.54) is 4.31 Å². The molecule has 1 fully saturated rings. The zero-order valence-electron chi connectivity index (χ0n) is 12.1. The number of rotatable bonds is 5. The van der Waals surface area contributed by atoms with Crippen LogP contribution in [0.5, 0.6) is 0 Å². The van der Waals surface area contributed by atoms with Gasteiger partial charge in [-0.05, 0) is 30.9 Å². The first kappa shape index (κ1) is 15.6. The van der Waals surface area contributed by atoms with Gasteiger partial charge in [0.1, 0.15) is 4.90 Å². The first-order valence-electron chi connectivity index (χ1n) is 6.69. The first-order chi connectivity index (χ1) is 9.32. The number of nitrogens with zero attached hydrogens (tertiary/aromatic N) is 2. The number of alkyl halides is 1. The molecule has 0 aliphatic heterocycles. The Balaban J connectivity index is 2.23. The summed E-state index contributed by atoms with van der Waals surface area (Å²) in [5, 5.41) is 0.286. The van der Waals surface area contributed by atoms with E-state index in [2.05, 4.69) is 0 Å². The van der Waals surface area contributed by atoms with E-state index in [0.29, 0.717) is 10.8 Å². The summed E-state index contributed by atoms with van der Waals surface area (Å²) in [7, 11) is 1.62. The van der Waals surface area contributed by atoms with E-state index in [1.54, 1.807) is 26.2 Å². The highest BCUT2D eigenvalue weighted by atomic mass is 35.5. The number of anilines is 1. The molecule has 0 aromatic heterocycles. The molecule has 1 aromatic carbocycles. The van der Waals surface area contributed by atoms with Crippen molar-refractivity contribution >= 4 is 27.3 Å². The number of hydrogen-bond acceptors (Lipinski definition) is 3. The Morgan fingerprint density at radius 3 is 2.35 bits per heavy atom. The van der Waals surface area contributed by atoms with Gasteiger partial charge in [-0.1, -0.05) is 12.1 Å². The third kappa shape index (κ3) is 3.10. The Hall–Kier alpha value is -0.780. The molecule has 0 N–H and O–H groups in total. The van der Waals surface area contributed by atoms with Crippen molar-refractivity contribution in [3.8, 4) is 0 Å². The molecule has 0 radical (unpaired) electrons. The van der Waals surface area contributed by atoms with Crippen LogP contribution in [0.3, 0.4) is 0 Å². The van der Waals surface area contributed by atoms with E-state index in [1.807, 2.05) is 24.1 Å². The fourth-order valence-corrected chi connectivity index (χ4v) is 4.11. The second-order valence-electron chi connectivity index (χ2n) is 5.57. The van der Waals surface area contributed by atoms with Crippen molar-refractivity contribution < 1.29 is 8.42 Å². The van der Waals surface area contributed by atoms with Crippen molar-refractivity contribution in [3.63, 3.8) is 0 Å². The summed E-state index contributed by atoms with van der Waals surface area (Å²) in [5.74, 6) is 0.553. The zero-order valence-corrected chi connectivity index (χ0v) is 13.7. The monoisotopic (exact) mass is 316 g/mol. The quantitative estimate of drug-likeness (QED) is 0.783. The summed E-state index contributed by atoms with van der Waals surface area (Å²) in [4.78, 5) is 2.37. The van der Waals surface area contributed by atoms with Crippen LogP contribution in [0.25, 0.3) is 0 Å². The van der Waals surface area contributed by atoms with Crippen molar-refractivity contribution in [2.24, 2.45) is 5.92 Å². The predicted octanol–water partition coefficient (Wildman–Crippen LogP) is 2.39. The van der Waals surface area contributed by atoms with Gasteiger partial charge in [-0.3, -0.25) is 0 Å². The Morgan fingerprint density at radius 1 is 1.20 bits per heavy atom. The molecular formula is C14H21ClN2O2S. The van der Waals surface area contributed by atoms with Crippen molar-refractivity contribution in [1.29, 1.82) is 0 Å². The molecule has 0 spiro atoms. The lowest BCUT2D eigenvalue weighted by atomic mass is 9.84. The van der Waals surface area contributed by atoms with Gasteiger partial charge in [0, 0.05) is 33.1 Å². The van der Waals surface area contributed by atoms with Gasteiger partial charge >= 0.3 is 0 Å². The Bertz CT molecular complexity index is 568. The third-order valence-electron chi connectivity index (χ3n) is 3.75. The molecule has 0 unspecified atom stereocenters. The average molecular weight is 317 g/mol. The molecule has 1 aromatic rings. The Kier molecular flexibility index (Phi) is 4.62. The van der Waals surface area contributed by atoms with E-state index in [-0.39, 0.29) is 5.38 Å². The number of sulfonamides is 1. The van der Waals surface area contributed by atoms with Crippen LogP contribution in [0.4, 0.5) is 5.69 Å². The lowest BCUT2D eigenvalue weighted by molar-refractivity contribution is 0.329. The second-order valence-corrected chi connectivity index (χ2v) is 8.31. The van der Waals surface area contributed by atoms with Crippen LogP contribution in [0.1, 0.15) is 12.8 Å². The summed E-state index contributed by atoms with van der Waals surface area (Å²) in [6.07, 6.45) is 2.02. The minimum atomic E-state index is -3.42. The molecular weight excluding hydrogens is 296 g/mol. The number of benzene rings is 1. The summed E-state index contributed by atoms with van der Waals surface area (Å²) < 4.78 is 26.0. The standard InChI is InChI=1S/C14H21ClN2O2S/c1-16(2)20(18,19)14-7-5-4-6-13(14)17(3)10-11-8-12(15)9-11/h4-7,11-12H,8-10H2,1-3H3. The number of para-hydroxylation sites is 1. The summed E-state index contributed by atoms with van der Waals surface area (Å²) in [5.41, 5.74) is 0.749. The largest absolute Gasteiger partial charge is 0.373 e. The Labute approximate surface area is 126 Å².